The second kappa shape index (κ2) is 5.41. The summed E-state index contributed by atoms with van der Waals surface area (Å²) in [5.41, 5.74) is 4.04. The van der Waals surface area contributed by atoms with Gasteiger partial charge in [0.1, 0.15) is 0 Å². The van der Waals surface area contributed by atoms with Crippen LogP contribution in [0.2, 0.25) is 0 Å². The molecule has 0 saturated heterocycles. The summed E-state index contributed by atoms with van der Waals surface area (Å²) in [5, 5.41) is 0. The molecule has 2 aliphatic rings. The molecule has 0 fully saturated rings. The second-order valence-electron chi connectivity index (χ2n) is 5.71. The average molecular weight is 281 g/mol. The van der Waals surface area contributed by atoms with Gasteiger partial charge < -0.3 is 9.47 Å². The number of rotatable bonds is 2. The first kappa shape index (κ1) is 12.7. The molecule has 2 aromatic carbocycles. The Kier molecular flexibility index (Phi) is 3.28. The molecule has 2 aromatic rings. The highest BCUT2D eigenvalue weighted by molar-refractivity contribution is 5.52. The predicted octanol–water partition coefficient (Wildman–Crippen LogP) is 3.36. The van der Waals surface area contributed by atoms with E-state index in [0.29, 0.717) is 0 Å². The van der Waals surface area contributed by atoms with E-state index in [2.05, 4.69) is 47.4 Å². The number of hydrogen-bond donors (Lipinski definition) is 0. The van der Waals surface area contributed by atoms with Gasteiger partial charge in [0.25, 0.3) is 0 Å². The Morgan fingerprint density at radius 2 is 1.76 bits per heavy atom. The molecule has 0 aromatic heterocycles. The maximum absolute atomic E-state index is 5.94. The summed E-state index contributed by atoms with van der Waals surface area (Å²) in [7, 11) is 0. The van der Waals surface area contributed by atoms with Crippen molar-refractivity contribution in [2.24, 2.45) is 0 Å². The molecule has 0 amide bonds. The Hall–Kier alpha value is -2.00. The first-order valence-electron chi connectivity index (χ1n) is 7.57. The minimum atomic E-state index is 0.750. The third-order valence-electron chi connectivity index (χ3n) is 4.14. The zero-order valence-corrected chi connectivity index (χ0v) is 12.0. The topological polar surface area (TPSA) is 21.7 Å². The molecular formula is C18H19NO2. The number of benzene rings is 2. The van der Waals surface area contributed by atoms with E-state index in [1.165, 1.54) is 16.7 Å². The minimum Gasteiger partial charge on any atom is -0.490 e. The van der Waals surface area contributed by atoms with Crippen molar-refractivity contribution in [1.82, 2.24) is 4.90 Å². The monoisotopic (exact) mass is 281 g/mol. The highest BCUT2D eigenvalue weighted by Gasteiger charge is 2.26. The van der Waals surface area contributed by atoms with E-state index in [4.69, 9.17) is 9.47 Å². The van der Waals surface area contributed by atoms with Crippen molar-refractivity contribution in [2.75, 3.05) is 13.2 Å². The van der Waals surface area contributed by atoms with Gasteiger partial charge in [-0.25, -0.2) is 0 Å². The fraction of sp³-hybridized carbons (Fsp3) is 0.333. The lowest BCUT2D eigenvalue weighted by Gasteiger charge is -2.15. The van der Waals surface area contributed by atoms with Crippen molar-refractivity contribution in [3.05, 3.63) is 59.2 Å². The molecule has 3 nitrogen and oxygen atoms in total. The van der Waals surface area contributed by atoms with Crippen LogP contribution in [-0.2, 0) is 19.6 Å². The Balaban J connectivity index is 1.58. The summed E-state index contributed by atoms with van der Waals surface area (Å²) < 4.78 is 11.7. The fourth-order valence-corrected chi connectivity index (χ4v) is 3.13. The van der Waals surface area contributed by atoms with Crippen molar-refractivity contribution < 1.29 is 9.47 Å². The van der Waals surface area contributed by atoms with E-state index in [-0.39, 0.29) is 0 Å². The summed E-state index contributed by atoms with van der Waals surface area (Å²) in [6, 6.07) is 14.9. The molecule has 21 heavy (non-hydrogen) atoms. The van der Waals surface area contributed by atoms with Crippen LogP contribution >= 0.6 is 0 Å². The van der Waals surface area contributed by atoms with Crippen molar-refractivity contribution in [3.8, 4) is 11.5 Å². The number of fused-ring (bicyclic) bond motifs is 3. The van der Waals surface area contributed by atoms with Gasteiger partial charge in [-0.3, -0.25) is 4.90 Å². The third-order valence-corrected chi connectivity index (χ3v) is 4.14. The molecule has 0 bridgehead atoms. The van der Waals surface area contributed by atoms with Gasteiger partial charge in [-0.2, -0.15) is 0 Å². The summed E-state index contributed by atoms with van der Waals surface area (Å²) in [5.74, 6) is 1.88. The Morgan fingerprint density at radius 1 is 0.905 bits per heavy atom. The molecular weight excluding hydrogens is 262 g/mol. The lowest BCUT2D eigenvalue weighted by atomic mass is 10.1. The van der Waals surface area contributed by atoms with Gasteiger partial charge in [-0.15, -0.1) is 0 Å². The van der Waals surface area contributed by atoms with Crippen LogP contribution in [-0.4, -0.2) is 18.1 Å². The maximum Gasteiger partial charge on any atom is 0.165 e. The van der Waals surface area contributed by atoms with Crippen LogP contribution in [0.15, 0.2) is 42.5 Å². The van der Waals surface area contributed by atoms with Gasteiger partial charge in [-0.1, -0.05) is 36.4 Å². The summed E-state index contributed by atoms with van der Waals surface area (Å²) >= 11 is 0. The van der Waals surface area contributed by atoms with Crippen LogP contribution in [0.3, 0.4) is 0 Å². The Bertz CT molecular complexity index is 639. The van der Waals surface area contributed by atoms with E-state index < -0.39 is 0 Å². The van der Waals surface area contributed by atoms with Gasteiger partial charge in [0, 0.05) is 31.6 Å². The van der Waals surface area contributed by atoms with E-state index in [1.807, 2.05) is 0 Å². The van der Waals surface area contributed by atoms with Gasteiger partial charge in [0.05, 0.1) is 13.2 Å². The largest absolute Gasteiger partial charge is 0.490 e. The van der Waals surface area contributed by atoms with Gasteiger partial charge in [0.15, 0.2) is 11.5 Å². The second-order valence-corrected chi connectivity index (χ2v) is 5.71. The van der Waals surface area contributed by atoms with Crippen molar-refractivity contribution in [3.63, 3.8) is 0 Å². The maximum atomic E-state index is 5.94. The predicted molar refractivity (Wildman–Crippen MR) is 81.4 cm³/mol. The lowest BCUT2D eigenvalue weighted by Crippen LogP contribution is -2.15. The molecule has 0 radical (unpaired) electrons. The van der Waals surface area contributed by atoms with Crippen molar-refractivity contribution in [2.45, 2.75) is 26.1 Å². The Labute approximate surface area is 125 Å². The van der Waals surface area contributed by atoms with Crippen molar-refractivity contribution >= 4 is 0 Å². The van der Waals surface area contributed by atoms with Gasteiger partial charge >= 0.3 is 0 Å². The lowest BCUT2D eigenvalue weighted by molar-refractivity contribution is 0.268. The highest BCUT2D eigenvalue weighted by Crippen LogP contribution is 2.40. The number of hydrogen-bond acceptors (Lipinski definition) is 3. The first-order chi connectivity index (χ1) is 10.4. The summed E-state index contributed by atoms with van der Waals surface area (Å²) in [6.07, 6.45) is 0.956. The Morgan fingerprint density at radius 3 is 2.67 bits per heavy atom. The third kappa shape index (κ3) is 2.49. The van der Waals surface area contributed by atoms with Crippen molar-refractivity contribution in [1.29, 1.82) is 0 Å². The smallest absolute Gasteiger partial charge is 0.165 e. The molecule has 108 valence electrons. The molecule has 4 rings (SSSR count). The number of nitrogens with zero attached hydrogens (tertiary/aromatic N) is 1. The molecule has 0 spiro atoms. The SMILES string of the molecule is c1ccc(CN2Cc3ccc4c(c3C2)OCCCO4)cc1. The summed E-state index contributed by atoms with van der Waals surface area (Å²) in [6.45, 7) is 4.41. The highest BCUT2D eigenvalue weighted by atomic mass is 16.5. The van der Waals surface area contributed by atoms with E-state index in [0.717, 1.165) is 50.8 Å². The van der Waals surface area contributed by atoms with Crippen LogP contribution in [0.4, 0.5) is 0 Å². The summed E-state index contributed by atoms with van der Waals surface area (Å²) in [4.78, 5) is 2.45. The van der Waals surface area contributed by atoms with Crippen LogP contribution < -0.4 is 9.47 Å². The van der Waals surface area contributed by atoms with Crippen LogP contribution in [0, 0.1) is 0 Å². The van der Waals surface area contributed by atoms with Gasteiger partial charge in [-0.05, 0) is 17.2 Å². The van der Waals surface area contributed by atoms with Crippen LogP contribution in [0.25, 0.3) is 0 Å². The van der Waals surface area contributed by atoms with E-state index >= 15 is 0 Å². The quantitative estimate of drug-likeness (QED) is 0.842. The standard InChI is InChI=1S/C18H19NO2/c1-2-5-14(6-3-1)11-19-12-15-7-8-17-18(16(15)13-19)21-10-4-9-20-17/h1-3,5-8H,4,9-13H2. The first-order valence-corrected chi connectivity index (χ1v) is 7.57. The average Bonchev–Trinajstić information content (AvgIpc) is 2.77. The van der Waals surface area contributed by atoms with Crippen LogP contribution in [0.5, 0.6) is 11.5 Å². The van der Waals surface area contributed by atoms with Crippen LogP contribution in [0.1, 0.15) is 23.1 Å². The normalized spacial score (nSPS) is 17.3. The molecule has 3 heteroatoms. The molecule has 2 heterocycles. The fourth-order valence-electron chi connectivity index (χ4n) is 3.13. The zero-order chi connectivity index (χ0) is 14.1. The molecule has 0 aliphatic carbocycles. The van der Waals surface area contributed by atoms with Gasteiger partial charge in [0.2, 0.25) is 0 Å². The zero-order valence-electron chi connectivity index (χ0n) is 12.0. The number of ether oxygens (including phenoxy) is 2. The van der Waals surface area contributed by atoms with E-state index in [9.17, 15) is 0 Å². The molecule has 2 aliphatic heterocycles. The van der Waals surface area contributed by atoms with E-state index in [1.54, 1.807) is 0 Å². The molecule has 0 N–H and O–H groups in total. The molecule has 0 unspecified atom stereocenters. The molecule has 0 atom stereocenters. The molecule has 0 saturated carbocycles. The minimum absolute atomic E-state index is 0.750.